The molecule has 2 heterocycles. The largest absolute Gasteiger partial charge is 0.369 e. The predicted octanol–water partition coefficient (Wildman–Crippen LogP) is 0.881. The number of carbonyl (C=O) groups is 2. The van der Waals surface area contributed by atoms with E-state index >= 15 is 0 Å². The molecule has 0 radical (unpaired) electrons. The lowest BCUT2D eigenvalue weighted by molar-refractivity contribution is -0.147. The van der Waals surface area contributed by atoms with E-state index in [0.717, 1.165) is 32.1 Å². The van der Waals surface area contributed by atoms with Gasteiger partial charge >= 0.3 is 10.2 Å². The summed E-state index contributed by atoms with van der Waals surface area (Å²) in [5, 5.41) is 3.14. The predicted molar refractivity (Wildman–Crippen MR) is 118 cm³/mol. The maximum absolute atomic E-state index is 13.2. The molecule has 5 fully saturated rings. The van der Waals surface area contributed by atoms with E-state index < -0.39 is 15.6 Å². The standard InChI is InChI=1S/C22H31N5O4S/c1-14-11-26(32(30,31)27(12-14)18-4-2-3-5-24-18)13-19(28)25-20-16-6-15-7-17(20)10-22(8-15,9-16)21(23)29/h2-5,14-17,20H,6-13H2,1H3,(H2,23,29)(H,25,28). The number of primary amides is 1. The zero-order chi connectivity index (χ0) is 22.7. The Balaban J connectivity index is 1.29. The number of nitrogens with two attached hydrogens (primary N) is 1. The van der Waals surface area contributed by atoms with Crippen molar-refractivity contribution < 1.29 is 18.0 Å². The molecule has 4 bridgehead atoms. The first-order valence-corrected chi connectivity index (χ1v) is 12.9. The SMILES string of the molecule is CC1CN(CC(=O)NC2C3CC4CC2CC(C(N)=O)(C4)C3)S(=O)(=O)N(c2ccccn2)C1. The summed E-state index contributed by atoms with van der Waals surface area (Å²) < 4.78 is 29.0. The zero-order valence-electron chi connectivity index (χ0n) is 18.3. The number of nitrogens with one attached hydrogen (secondary N) is 1. The second-order valence-electron chi connectivity index (χ2n) is 10.3. The van der Waals surface area contributed by atoms with Gasteiger partial charge in [0.05, 0.1) is 6.54 Å². The van der Waals surface area contributed by atoms with Crippen molar-refractivity contribution in [3.63, 3.8) is 0 Å². The van der Waals surface area contributed by atoms with Gasteiger partial charge in [0, 0.05) is 30.7 Å². The van der Waals surface area contributed by atoms with Crippen LogP contribution in [0.1, 0.15) is 39.0 Å². The van der Waals surface area contributed by atoms with Crippen LogP contribution >= 0.6 is 0 Å². The number of carbonyl (C=O) groups excluding carboxylic acids is 2. The van der Waals surface area contributed by atoms with Gasteiger partial charge in [0.25, 0.3) is 0 Å². The molecule has 1 saturated heterocycles. The topological polar surface area (TPSA) is 126 Å². The number of anilines is 1. The second-order valence-corrected chi connectivity index (χ2v) is 12.2. The van der Waals surface area contributed by atoms with Crippen LogP contribution in [0.4, 0.5) is 5.82 Å². The van der Waals surface area contributed by atoms with Gasteiger partial charge in [-0.3, -0.25) is 9.59 Å². The number of aromatic nitrogens is 1. The Morgan fingerprint density at radius 2 is 1.91 bits per heavy atom. The van der Waals surface area contributed by atoms with E-state index in [4.69, 9.17) is 5.73 Å². The summed E-state index contributed by atoms with van der Waals surface area (Å²) in [6.07, 6.45) is 5.90. The van der Waals surface area contributed by atoms with E-state index in [0.29, 0.717) is 24.8 Å². The van der Waals surface area contributed by atoms with Crippen LogP contribution in [0.15, 0.2) is 24.4 Å². The number of pyridine rings is 1. The van der Waals surface area contributed by atoms with Crippen LogP contribution in [0.5, 0.6) is 0 Å². The average Bonchev–Trinajstić information content (AvgIpc) is 2.73. The van der Waals surface area contributed by atoms with E-state index in [1.165, 1.54) is 8.61 Å². The van der Waals surface area contributed by atoms with Gasteiger partial charge < -0.3 is 11.1 Å². The summed E-state index contributed by atoms with van der Waals surface area (Å²) in [6, 6.07) is 5.14. The maximum Gasteiger partial charge on any atom is 0.305 e. The Hall–Kier alpha value is -2.20. The van der Waals surface area contributed by atoms with Gasteiger partial charge in [-0.05, 0) is 67.9 Å². The van der Waals surface area contributed by atoms with Crippen molar-refractivity contribution in [2.45, 2.75) is 45.1 Å². The average molecular weight is 462 g/mol. The summed E-state index contributed by atoms with van der Waals surface area (Å²) >= 11 is 0. The van der Waals surface area contributed by atoms with Crippen molar-refractivity contribution in [3.8, 4) is 0 Å². The van der Waals surface area contributed by atoms with E-state index in [9.17, 15) is 18.0 Å². The highest BCUT2D eigenvalue weighted by Crippen LogP contribution is 2.59. The third kappa shape index (κ3) is 3.57. The first-order valence-electron chi connectivity index (χ1n) is 11.5. The lowest BCUT2D eigenvalue weighted by Gasteiger charge is -2.58. The molecule has 32 heavy (non-hydrogen) atoms. The molecule has 1 aliphatic heterocycles. The molecular formula is C22H31N5O4S. The molecule has 0 spiro atoms. The summed E-state index contributed by atoms with van der Waals surface area (Å²) in [5.74, 6) is 0.911. The summed E-state index contributed by atoms with van der Waals surface area (Å²) in [7, 11) is -3.85. The minimum Gasteiger partial charge on any atom is -0.369 e. The number of hydrogen-bond donors (Lipinski definition) is 2. The fraction of sp³-hybridized carbons (Fsp3) is 0.682. The van der Waals surface area contributed by atoms with Crippen LogP contribution in [-0.2, 0) is 19.8 Å². The lowest BCUT2D eigenvalue weighted by Crippen LogP contribution is -2.63. The Labute approximate surface area is 188 Å². The van der Waals surface area contributed by atoms with E-state index in [-0.39, 0.29) is 42.2 Å². The van der Waals surface area contributed by atoms with Crippen molar-refractivity contribution in [1.82, 2.24) is 14.6 Å². The van der Waals surface area contributed by atoms with Gasteiger partial charge in [0.1, 0.15) is 5.82 Å². The fourth-order valence-corrected chi connectivity index (χ4v) is 8.62. The summed E-state index contributed by atoms with van der Waals surface area (Å²) in [5.41, 5.74) is 5.35. The van der Waals surface area contributed by atoms with E-state index in [1.54, 1.807) is 24.4 Å². The van der Waals surface area contributed by atoms with Gasteiger partial charge in [-0.25, -0.2) is 9.29 Å². The molecule has 4 aliphatic carbocycles. The molecule has 0 aromatic carbocycles. The molecule has 6 rings (SSSR count). The molecule has 1 aromatic heterocycles. The van der Waals surface area contributed by atoms with Gasteiger partial charge in [0.15, 0.2) is 0 Å². The molecular weight excluding hydrogens is 430 g/mol. The van der Waals surface area contributed by atoms with Gasteiger partial charge in [-0.2, -0.15) is 12.7 Å². The molecule has 3 N–H and O–H groups in total. The monoisotopic (exact) mass is 461 g/mol. The molecule has 9 nitrogen and oxygen atoms in total. The lowest BCUT2D eigenvalue weighted by atomic mass is 9.47. The number of rotatable bonds is 5. The molecule has 3 atom stereocenters. The highest BCUT2D eigenvalue weighted by Gasteiger charge is 2.58. The first-order chi connectivity index (χ1) is 15.2. The fourth-order valence-electron chi connectivity index (χ4n) is 6.83. The van der Waals surface area contributed by atoms with Crippen LogP contribution in [0.25, 0.3) is 0 Å². The summed E-state index contributed by atoms with van der Waals surface area (Å²) in [6.45, 7) is 2.39. The van der Waals surface area contributed by atoms with Crippen LogP contribution < -0.4 is 15.4 Å². The van der Waals surface area contributed by atoms with Crippen LogP contribution in [0.2, 0.25) is 0 Å². The van der Waals surface area contributed by atoms with Crippen LogP contribution in [0.3, 0.4) is 0 Å². The van der Waals surface area contributed by atoms with Crippen molar-refractivity contribution in [2.75, 3.05) is 23.9 Å². The number of hydrogen-bond acceptors (Lipinski definition) is 5. The number of nitrogens with zero attached hydrogens (tertiary/aromatic N) is 3. The van der Waals surface area contributed by atoms with Crippen molar-refractivity contribution in [2.24, 2.45) is 34.8 Å². The highest BCUT2D eigenvalue weighted by molar-refractivity contribution is 7.90. The Morgan fingerprint density at radius 3 is 2.53 bits per heavy atom. The van der Waals surface area contributed by atoms with Crippen molar-refractivity contribution in [3.05, 3.63) is 24.4 Å². The molecule has 1 aromatic rings. The molecule has 174 valence electrons. The third-order valence-electron chi connectivity index (χ3n) is 7.95. The minimum absolute atomic E-state index is 0.0108. The maximum atomic E-state index is 13.2. The molecule has 10 heteroatoms. The molecule has 4 saturated carbocycles. The molecule has 3 unspecified atom stereocenters. The second kappa shape index (κ2) is 7.69. The normalized spacial score (nSPS) is 37.9. The molecule has 2 amide bonds. The van der Waals surface area contributed by atoms with Crippen LogP contribution in [-0.4, -0.2) is 55.2 Å². The quantitative estimate of drug-likeness (QED) is 0.673. The van der Waals surface area contributed by atoms with Crippen molar-refractivity contribution in [1.29, 1.82) is 0 Å². The van der Waals surface area contributed by atoms with E-state index in [1.807, 2.05) is 6.92 Å². The zero-order valence-corrected chi connectivity index (χ0v) is 19.1. The first kappa shape index (κ1) is 21.6. The van der Waals surface area contributed by atoms with Gasteiger partial charge in [-0.15, -0.1) is 0 Å². The minimum atomic E-state index is -3.85. The number of amides is 2. The Kier molecular flexibility index (Phi) is 5.20. The van der Waals surface area contributed by atoms with Gasteiger partial charge in [0.2, 0.25) is 11.8 Å². The third-order valence-corrected chi connectivity index (χ3v) is 9.77. The Morgan fingerprint density at radius 1 is 1.19 bits per heavy atom. The smallest absolute Gasteiger partial charge is 0.305 e. The van der Waals surface area contributed by atoms with Crippen molar-refractivity contribution >= 4 is 27.8 Å². The van der Waals surface area contributed by atoms with Crippen LogP contribution in [0, 0.1) is 29.1 Å². The van der Waals surface area contributed by atoms with E-state index in [2.05, 4.69) is 10.3 Å². The highest BCUT2D eigenvalue weighted by atomic mass is 32.2. The molecule has 5 aliphatic rings. The Bertz CT molecular complexity index is 1000. The van der Waals surface area contributed by atoms with Gasteiger partial charge in [-0.1, -0.05) is 13.0 Å². The summed E-state index contributed by atoms with van der Waals surface area (Å²) in [4.78, 5) is 29.3.